The lowest BCUT2D eigenvalue weighted by molar-refractivity contribution is 0.0853. The Kier molecular flexibility index (Phi) is 6.13. The molecule has 2 aliphatic rings. The van der Waals surface area contributed by atoms with Gasteiger partial charge in [-0.25, -0.2) is 0 Å². The SMILES string of the molecule is COc1ccc(CNCC2=NO[C@@H](Cc3cc(OC)c4c(c3OC)OCO4)C2)cc1. The van der Waals surface area contributed by atoms with E-state index in [0.717, 1.165) is 30.0 Å². The molecule has 2 aromatic carbocycles. The normalized spacial score (nSPS) is 16.8. The van der Waals surface area contributed by atoms with Crippen LogP contribution in [0.25, 0.3) is 0 Å². The van der Waals surface area contributed by atoms with Gasteiger partial charge >= 0.3 is 0 Å². The summed E-state index contributed by atoms with van der Waals surface area (Å²) in [5.41, 5.74) is 3.11. The Hall–Kier alpha value is -3.13. The summed E-state index contributed by atoms with van der Waals surface area (Å²) in [5, 5.41) is 7.66. The van der Waals surface area contributed by atoms with Crippen LogP contribution >= 0.6 is 0 Å². The zero-order valence-electron chi connectivity index (χ0n) is 17.4. The zero-order valence-corrected chi connectivity index (χ0v) is 17.4. The van der Waals surface area contributed by atoms with Crippen molar-refractivity contribution in [2.45, 2.75) is 25.5 Å². The van der Waals surface area contributed by atoms with E-state index in [2.05, 4.69) is 10.5 Å². The molecular weight excluding hydrogens is 388 g/mol. The van der Waals surface area contributed by atoms with E-state index >= 15 is 0 Å². The number of oxime groups is 1. The van der Waals surface area contributed by atoms with Crippen LogP contribution in [0.3, 0.4) is 0 Å². The first-order valence-electron chi connectivity index (χ1n) is 9.80. The molecule has 160 valence electrons. The number of hydrogen-bond acceptors (Lipinski definition) is 8. The van der Waals surface area contributed by atoms with Gasteiger partial charge in [0, 0.05) is 31.5 Å². The lowest BCUT2D eigenvalue weighted by Gasteiger charge is -2.15. The third kappa shape index (κ3) is 4.23. The van der Waals surface area contributed by atoms with Crippen LogP contribution < -0.4 is 29.0 Å². The summed E-state index contributed by atoms with van der Waals surface area (Å²) in [6.07, 6.45) is 1.30. The molecule has 0 aromatic heterocycles. The zero-order chi connectivity index (χ0) is 20.9. The van der Waals surface area contributed by atoms with Gasteiger partial charge < -0.3 is 33.8 Å². The number of rotatable bonds is 9. The van der Waals surface area contributed by atoms with Crippen molar-refractivity contribution in [3.05, 3.63) is 41.5 Å². The van der Waals surface area contributed by atoms with Crippen LogP contribution in [-0.4, -0.2) is 46.5 Å². The topological polar surface area (TPSA) is 79.8 Å². The maximum atomic E-state index is 5.66. The molecule has 8 nitrogen and oxygen atoms in total. The summed E-state index contributed by atoms with van der Waals surface area (Å²) in [4.78, 5) is 5.66. The lowest BCUT2D eigenvalue weighted by atomic mass is 10.0. The Balaban J connectivity index is 1.32. The predicted octanol–water partition coefficient (Wildman–Crippen LogP) is 2.92. The number of methoxy groups -OCH3 is 3. The quantitative estimate of drug-likeness (QED) is 0.676. The summed E-state index contributed by atoms with van der Waals surface area (Å²) in [6, 6.07) is 9.91. The molecule has 1 N–H and O–H groups in total. The van der Waals surface area contributed by atoms with Crippen molar-refractivity contribution in [2.24, 2.45) is 5.16 Å². The van der Waals surface area contributed by atoms with E-state index < -0.39 is 0 Å². The highest BCUT2D eigenvalue weighted by molar-refractivity contribution is 5.87. The minimum Gasteiger partial charge on any atom is -0.497 e. The van der Waals surface area contributed by atoms with E-state index in [-0.39, 0.29) is 12.9 Å². The lowest BCUT2D eigenvalue weighted by Crippen LogP contribution is -2.23. The average molecular weight is 414 g/mol. The van der Waals surface area contributed by atoms with Crippen molar-refractivity contribution >= 4 is 5.71 Å². The first-order chi connectivity index (χ1) is 14.7. The first kappa shape index (κ1) is 20.2. The Labute approximate surface area is 175 Å². The van der Waals surface area contributed by atoms with Gasteiger partial charge in [-0.1, -0.05) is 17.3 Å². The van der Waals surface area contributed by atoms with E-state index in [1.54, 1.807) is 21.3 Å². The number of nitrogens with one attached hydrogen (secondary N) is 1. The predicted molar refractivity (Wildman–Crippen MR) is 111 cm³/mol. The Bertz CT molecular complexity index is 913. The second-order valence-electron chi connectivity index (χ2n) is 7.08. The smallest absolute Gasteiger partial charge is 0.231 e. The molecule has 2 aromatic rings. The Morgan fingerprint density at radius 1 is 1.00 bits per heavy atom. The third-order valence-electron chi connectivity index (χ3n) is 5.12. The molecule has 0 unspecified atom stereocenters. The van der Waals surface area contributed by atoms with Crippen molar-refractivity contribution < 1.29 is 28.5 Å². The Morgan fingerprint density at radius 2 is 1.80 bits per heavy atom. The second kappa shape index (κ2) is 9.13. The number of nitrogens with zero attached hydrogens (tertiary/aromatic N) is 1. The van der Waals surface area contributed by atoms with Crippen LogP contribution in [0, 0.1) is 0 Å². The number of ether oxygens (including phenoxy) is 5. The largest absolute Gasteiger partial charge is 0.497 e. The molecule has 2 aliphatic heterocycles. The van der Waals surface area contributed by atoms with Gasteiger partial charge in [0.05, 0.1) is 27.0 Å². The van der Waals surface area contributed by atoms with Gasteiger partial charge in [-0.2, -0.15) is 0 Å². The molecule has 0 saturated carbocycles. The molecule has 0 fully saturated rings. The minimum absolute atomic E-state index is 0.0678. The van der Waals surface area contributed by atoms with E-state index in [1.165, 1.54) is 5.56 Å². The maximum Gasteiger partial charge on any atom is 0.231 e. The molecule has 0 amide bonds. The summed E-state index contributed by atoms with van der Waals surface area (Å²) >= 11 is 0. The highest BCUT2D eigenvalue weighted by Crippen LogP contribution is 2.49. The monoisotopic (exact) mass is 414 g/mol. The Morgan fingerprint density at radius 3 is 2.53 bits per heavy atom. The molecular formula is C22H26N2O6. The van der Waals surface area contributed by atoms with Crippen LogP contribution in [-0.2, 0) is 17.8 Å². The van der Waals surface area contributed by atoms with Crippen LogP contribution in [0.15, 0.2) is 35.5 Å². The number of benzene rings is 2. The highest BCUT2D eigenvalue weighted by atomic mass is 16.7. The van der Waals surface area contributed by atoms with Crippen molar-refractivity contribution in [2.75, 3.05) is 34.7 Å². The van der Waals surface area contributed by atoms with Crippen LogP contribution in [0.5, 0.6) is 28.7 Å². The van der Waals surface area contributed by atoms with Crippen molar-refractivity contribution in [1.29, 1.82) is 0 Å². The molecule has 0 radical (unpaired) electrons. The summed E-state index contributed by atoms with van der Waals surface area (Å²) < 4.78 is 27.3. The van der Waals surface area contributed by atoms with Gasteiger partial charge in [0.25, 0.3) is 0 Å². The third-order valence-corrected chi connectivity index (χ3v) is 5.12. The molecule has 8 heteroatoms. The molecule has 2 heterocycles. The highest BCUT2D eigenvalue weighted by Gasteiger charge is 2.30. The van der Waals surface area contributed by atoms with Gasteiger partial charge in [0.2, 0.25) is 18.3 Å². The molecule has 0 saturated heterocycles. The van der Waals surface area contributed by atoms with Gasteiger partial charge in [-0.05, 0) is 23.8 Å². The molecule has 1 atom stereocenters. The molecule has 0 aliphatic carbocycles. The minimum atomic E-state index is -0.0678. The van der Waals surface area contributed by atoms with Crippen molar-refractivity contribution in [3.63, 3.8) is 0 Å². The maximum absolute atomic E-state index is 5.66. The van der Waals surface area contributed by atoms with Crippen molar-refractivity contribution in [3.8, 4) is 28.7 Å². The molecule has 30 heavy (non-hydrogen) atoms. The van der Waals surface area contributed by atoms with E-state index in [0.29, 0.717) is 36.0 Å². The van der Waals surface area contributed by atoms with Crippen LogP contribution in [0.2, 0.25) is 0 Å². The summed E-state index contributed by atoms with van der Waals surface area (Å²) in [6.45, 7) is 1.57. The van der Waals surface area contributed by atoms with Crippen LogP contribution in [0.4, 0.5) is 0 Å². The first-order valence-corrected chi connectivity index (χ1v) is 9.80. The van der Waals surface area contributed by atoms with Crippen LogP contribution in [0.1, 0.15) is 17.5 Å². The summed E-state index contributed by atoms with van der Waals surface area (Å²) in [7, 11) is 4.89. The van der Waals surface area contributed by atoms with Gasteiger partial charge in [-0.15, -0.1) is 0 Å². The number of fused-ring (bicyclic) bond motifs is 1. The fraction of sp³-hybridized carbons (Fsp3) is 0.409. The average Bonchev–Trinajstić information content (AvgIpc) is 3.43. The second-order valence-corrected chi connectivity index (χ2v) is 7.08. The van der Waals surface area contributed by atoms with E-state index in [9.17, 15) is 0 Å². The molecule has 4 rings (SSSR count). The van der Waals surface area contributed by atoms with E-state index in [1.807, 2.05) is 30.3 Å². The molecule has 0 bridgehead atoms. The molecule has 0 spiro atoms. The van der Waals surface area contributed by atoms with Crippen molar-refractivity contribution in [1.82, 2.24) is 5.32 Å². The number of hydrogen-bond donors (Lipinski definition) is 1. The van der Waals surface area contributed by atoms with Gasteiger partial charge in [-0.3, -0.25) is 0 Å². The standard InChI is InChI=1S/C22H26N2O6/c1-25-17-6-4-14(5-7-17)11-23-12-16-10-18(30-24-16)8-15-9-19(26-2)21-22(20(15)27-3)29-13-28-21/h4-7,9,18,23H,8,10-13H2,1-3H3/t18-/m0/s1. The summed E-state index contributed by atoms with van der Waals surface area (Å²) in [5.74, 6) is 3.28. The van der Waals surface area contributed by atoms with E-state index in [4.69, 9.17) is 28.5 Å². The fourth-order valence-electron chi connectivity index (χ4n) is 3.63. The fourth-order valence-corrected chi connectivity index (χ4v) is 3.63. The van der Waals surface area contributed by atoms with Gasteiger partial charge in [0.1, 0.15) is 11.9 Å². The van der Waals surface area contributed by atoms with Gasteiger partial charge in [0.15, 0.2) is 11.5 Å².